The topological polar surface area (TPSA) is 74.8 Å². The molecule has 4 heterocycles. The minimum absolute atomic E-state index is 0.0340. The van der Waals surface area contributed by atoms with E-state index in [0.717, 1.165) is 59.9 Å². The molecule has 5 rings (SSSR count). The number of nitrogens with zero attached hydrogens (tertiary/aromatic N) is 3. The highest BCUT2D eigenvalue weighted by atomic mass is 16.5. The maximum Gasteiger partial charge on any atom is 0.254 e. The highest BCUT2D eigenvalue weighted by Crippen LogP contribution is 2.29. The van der Waals surface area contributed by atoms with Gasteiger partial charge in [0.15, 0.2) is 0 Å². The third-order valence-electron chi connectivity index (χ3n) is 6.04. The van der Waals surface area contributed by atoms with Crippen LogP contribution in [0.5, 0.6) is 5.75 Å². The van der Waals surface area contributed by atoms with Crippen molar-refractivity contribution in [1.29, 1.82) is 0 Å². The first-order valence-electron chi connectivity index (χ1n) is 10.1. The number of anilines is 1. The summed E-state index contributed by atoms with van der Waals surface area (Å²) in [5.41, 5.74) is 4.37. The molecule has 7 heteroatoms. The fourth-order valence-corrected chi connectivity index (χ4v) is 4.43. The number of carbonyl (C=O) groups excluding carboxylic acids is 2. The molecule has 0 radical (unpaired) electrons. The van der Waals surface area contributed by atoms with Gasteiger partial charge in [-0.1, -0.05) is 6.07 Å². The lowest BCUT2D eigenvalue weighted by atomic mass is 10.1. The molecular weight excluding hydrogens is 368 g/mol. The molecule has 150 valence electrons. The fourth-order valence-electron chi connectivity index (χ4n) is 4.43. The van der Waals surface area contributed by atoms with E-state index in [1.807, 2.05) is 38.2 Å². The van der Waals surface area contributed by atoms with Gasteiger partial charge in [-0.05, 0) is 36.2 Å². The van der Waals surface area contributed by atoms with Crippen molar-refractivity contribution in [2.24, 2.45) is 0 Å². The fraction of sp³-hybridized carbons (Fsp3) is 0.409. The first-order chi connectivity index (χ1) is 14.0. The summed E-state index contributed by atoms with van der Waals surface area (Å²) in [6, 6.07) is 7.78. The Morgan fingerprint density at radius 2 is 1.93 bits per heavy atom. The maximum atomic E-state index is 12.2. The van der Waals surface area contributed by atoms with Crippen LogP contribution in [0.4, 0.5) is 5.82 Å². The Labute approximate surface area is 169 Å². The second-order valence-electron chi connectivity index (χ2n) is 8.09. The number of carbonyl (C=O) groups is 2. The van der Waals surface area contributed by atoms with E-state index in [1.165, 1.54) is 0 Å². The van der Waals surface area contributed by atoms with E-state index in [0.29, 0.717) is 18.7 Å². The number of rotatable bonds is 3. The number of aryl methyl sites for hydroxylation is 1. The molecule has 1 aromatic heterocycles. The summed E-state index contributed by atoms with van der Waals surface area (Å²) < 4.78 is 6.19. The zero-order valence-corrected chi connectivity index (χ0v) is 16.7. The van der Waals surface area contributed by atoms with Crippen molar-refractivity contribution < 1.29 is 14.3 Å². The Bertz CT molecular complexity index is 1010. The standard InChI is InChI=1S/C22H24N4O3/c1-13-9-18-19(11-23-21(18)27)24-20(13)26-7-5-15(6-8-26)29-16-4-3-14-12-25(2)22(28)17(14)10-16/h3-4,9-10,15H,5-8,11-12H2,1-2H3,(H,23,27). The molecule has 3 aliphatic heterocycles. The van der Waals surface area contributed by atoms with Gasteiger partial charge >= 0.3 is 0 Å². The molecule has 0 spiro atoms. The van der Waals surface area contributed by atoms with Crippen molar-refractivity contribution >= 4 is 17.6 Å². The largest absolute Gasteiger partial charge is 0.490 e. The molecule has 7 nitrogen and oxygen atoms in total. The number of aromatic nitrogens is 1. The number of hydrogen-bond donors (Lipinski definition) is 1. The number of pyridine rings is 1. The lowest BCUT2D eigenvalue weighted by Crippen LogP contribution is -2.39. The molecule has 2 aromatic rings. The number of piperidine rings is 1. The van der Waals surface area contributed by atoms with Gasteiger partial charge in [-0.25, -0.2) is 4.98 Å². The van der Waals surface area contributed by atoms with Gasteiger partial charge in [-0.3, -0.25) is 9.59 Å². The predicted molar refractivity (Wildman–Crippen MR) is 108 cm³/mol. The Morgan fingerprint density at radius 1 is 1.14 bits per heavy atom. The van der Waals surface area contributed by atoms with Gasteiger partial charge in [-0.2, -0.15) is 0 Å². The number of ether oxygens (including phenoxy) is 1. The highest BCUT2D eigenvalue weighted by molar-refractivity contribution is 5.99. The summed E-state index contributed by atoms with van der Waals surface area (Å²) in [7, 11) is 1.82. The van der Waals surface area contributed by atoms with E-state index in [9.17, 15) is 9.59 Å². The van der Waals surface area contributed by atoms with Crippen molar-refractivity contribution in [3.63, 3.8) is 0 Å². The van der Waals surface area contributed by atoms with Crippen LogP contribution in [-0.2, 0) is 13.1 Å². The monoisotopic (exact) mass is 392 g/mol. The van der Waals surface area contributed by atoms with Gasteiger partial charge in [0.2, 0.25) is 0 Å². The van der Waals surface area contributed by atoms with Crippen LogP contribution in [0.1, 0.15) is 50.4 Å². The number of benzene rings is 1. The van der Waals surface area contributed by atoms with Crippen LogP contribution >= 0.6 is 0 Å². The lowest BCUT2D eigenvalue weighted by Gasteiger charge is -2.34. The normalized spacial score (nSPS) is 18.7. The van der Waals surface area contributed by atoms with E-state index in [-0.39, 0.29) is 17.9 Å². The quantitative estimate of drug-likeness (QED) is 0.867. The molecule has 1 saturated heterocycles. The SMILES string of the molecule is Cc1cc2c(nc1N1CCC(Oc3ccc4c(c3)C(=O)N(C)C4)CC1)CNC2=O. The minimum Gasteiger partial charge on any atom is -0.490 e. The van der Waals surface area contributed by atoms with Crippen LogP contribution in [0, 0.1) is 6.92 Å². The van der Waals surface area contributed by atoms with Crippen LogP contribution in [0.25, 0.3) is 0 Å². The minimum atomic E-state index is -0.0340. The molecule has 0 aliphatic carbocycles. The third-order valence-corrected chi connectivity index (χ3v) is 6.04. The number of fused-ring (bicyclic) bond motifs is 2. The average molecular weight is 392 g/mol. The van der Waals surface area contributed by atoms with Gasteiger partial charge in [-0.15, -0.1) is 0 Å². The molecule has 0 bridgehead atoms. The first-order valence-corrected chi connectivity index (χ1v) is 10.1. The summed E-state index contributed by atoms with van der Waals surface area (Å²) >= 11 is 0. The Balaban J connectivity index is 1.25. The lowest BCUT2D eigenvalue weighted by molar-refractivity contribution is 0.0815. The Hall–Kier alpha value is -3.09. The molecular formula is C22H24N4O3. The number of nitrogens with one attached hydrogen (secondary N) is 1. The molecule has 0 saturated carbocycles. The van der Waals surface area contributed by atoms with Crippen molar-refractivity contribution in [3.8, 4) is 5.75 Å². The predicted octanol–water partition coefficient (Wildman–Crippen LogP) is 2.27. The van der Waals surface area contributed by atoms with Crippen LogP contribution in [0.15, 0.2) is 24.3 Å². The van der Waals surface area contributed by atoms with Gasteiger partial charge in [0.1, 0.15) is 17.7 Å². The van der Waals surface area contributed by atoms with E-state index in [1.54, 1.807) is 4.90 Å². The van der Waals surface area contributed by atoms with Crippen LogP contribution in [0.2, 0.25) is 0 Å². The molecule has 3 aliphatic rings. The van der Waals surface area contributed by atoms with Gasteiger partial charge in [0, 0.05) is 45.1 Å². The van der Waals surface area contributed by atoms with E-state index in [2.05, 4.69) is 10.2 Å². The molecule has 1 N–H and O–H groups in total. The Morgan fingerprint density at radius 3 is 2.72 bits per heavy atom. The van der Waals surface area contributed by atoms with Crippen molar-refractivity contribution in [3.05, 3.63) is 52.2 Å². The summed E-state index contributed by atoms with van der Waals surface area (Å²) in [5, 5.41) is 2.83. The zero-order valence-electron chi connectivity index (χ0n) is 16.7. The van der Waals surface area contributed by atoms with E-state index >= 15 is 0 Å². The second-order valence-corrected chi connectivity index (χ2v) is 8.09. The number of hydrogen-bond acceptors (Lipinski definition) is 5. The smallest absolute Gasteiger partial charge is 0.254 e. The highest BCUT2D eigenvalue weighted by Gasteiger charge is 2.28. The van der Waals surface area contributed by atoms with Crippen LogP contribution < -0.4 is 15.0 Å². The van der Waals surface area contributed by atoms with Gasteiger partial charge < -0.3 is 19.9 Å². The molecule has 1 fully saturated rings. The van der Waals surface area contributed by atoms with Gasteiger partial charge in [0.25, 0.3) is 11.8 Å². The molecule has 2 amide bonds. The van der Waals surface area contributed by atoms with Crippen molar-refractivity contribution in [1.82, 2.24) is 15.2 Å². The zero-order chi connectivity index (χ0) is 20.1. The third kappa shape index (κ3) is 3.10. The summed E-state index contributed by atoms with van der Waals surface area (Å²) in [6.45, 7) is 4.89. The molecule has 0 atom stereocenters. The van der Waals surface area contributed by atoms with E-state index in [4.69, 9.17) is 9.72 Å². The summed E-state index contributed by atoms with van der Waals surface area (Å²) in [5.74, 6) is 1.76. The van der Waals surface area contributed by atoms with E-state index < -0.39 is 0 Å². The molecule has 1 aromatic carbocycles. The van der Waals surface area contributed by atoms with Gasteiger partial charge in [0.05, 0.1) is 17.8 Å². The summed E-state index contributed by atoms with van der Waals surface area (Å²) in [6.07, 6.45) is 1.90. The number of amides is 2. The van der Waals surface area contributed by atoms with Crippen molar-refractivity contribution in [2.45, 2.75) is 39.0 Å². The maximum absolute atomic E-state index is 12.2. The second kappa shape index (κ2) is 6.76. The van der Waals surface area contributed by atoms with Crippen LogP contribution in [-0.4, -0.2) is 47.9 Å². The van der Waals surface area contributed by atoms with Crippen molar-refractivity contribution in [2.75, 3.05) is 25.0 Å². The van der Waals surface area contributed by atoms with Crippen LogP contribution in [0.3, 0.4) is 0 Å². The Kier molecular flexibility index (Phi) is 4.19. The average Bonchev–Trinajstić information content (AvgIpc) is 3.21. The first kappa shape index (κ1) is 18.0. The molecule has 0 unspecified atom stereocenters. The summed E-state index contributed by atoms with van der Waals surface area (Å²) in [4.78, 5) is 32.8. The molecule has 29 heavy (non-hydrogen) atoms.